The van der Waals surface area contributed by atoms with Crippen molar-refractivity contribution in [3.8, 4) is 6.07 Å². The smallest absolute Gasteiger partial charge is 0.258 e. The van der Waals surface area contributed by atoms with Crippen LogP contribution < -0.4 is 0 Å². The Labute approximate surface area is 88.6 Å². The number of rotatable bonds is 2. The summed E-state index contributed by atoms with van der Waals surface area (Å²) in [6, 6.07) is 7.56. The Bertz CT molecular complexity index is 388. The number of nitriles is 1. The molecule has 4 heteroatoms. The Morgan fingerprint density at radius 1 is 1.40 bits per heavy atom. The number of nitro groups is 1. The largest absolute Gasteiger partial charge is 0.269 e. The molecule has 0 radical (unpaired) electrons. The standard InChI is InChI=1S/C9H6N2O2.C2H6/c1-7(6-10)8-2-4-9(5-3-8)11(12)13;1-2/h2-5H,1H2;1-2H3. The molecule has 0 aromatic heterocycles. The van der Waals surface area contributed by atoms with Crippen molar-refractivity contribution in [3.63, 3.8) is 0 Å². The van der Waals surface area contributed by atoms with Gasteiger partial charge in [0.2, 0.25) is 0 Å². The van der Waals surface area contributed by atoms with Crippen LogP contribution in [0.1, 0.15) is 19.4 Å². The second-order valence-corrected chi connectivity index (χ2v) is 2.39. The Hall–Kier alpha value is -2.15. The Morgan fingerprint density at radius 3 is 2.20 bits per heavy atom. The maximum absolute atomic E-state index is 10.3. The minimum Gasteiger partial charge on any atom is -0.258 e. The molecule has 0 aliphatic heterocycles. The molecule has 0 heterocycles. The molecular formula is C11H12N2O2. The molecule has 0 saturated heterocycles. The topological polar surface area (TPSA) is 66.9 Å². The van der Waals surface area contributed by atoms with Crippen LogP contribution in [0, 0.1) is 21.4 Å². The van der Waals surface area contributed by atoms with Crippen LogP contribution in [-0.2, 0) is 0 Å². The maximum Gasteiger partial charge on any atom is 0.269 e. The lowest BCUT2D eigenvalue weighted by Gasteiger charge is -1.95. The van der Waals surface area contributed by atoms with Gasteiger partial charge >= 0.3 is 0 Å². The molecule has 1 aromatic rings. The molecule has 1 aromatic carbocycles. The van der Waals surface area contributed by atoms with Gasteiger partial charge in [0.1, 0.15) is 0 Å². The molecule has 0 aliphatic carbocycles. The molecule has 0 bridgehead atoms. The molecule has 15 heavy (non-hydrogen) atoms. The van der Waals surface area contributed by atoms with E-state index in [0.717, 1.165) is 0 Å². The van der Waals surface area contributed by atoms with Crippen molar-refractivity contribution in [3.05, 3.63) is 46.5 Å². The monoisotopic (exact) mass is 204 g/mol. The van der Waals surface area contributed by atoms with Gasteiger partial charge < -0.3 is 0 Å². The van der Waals surface area contributed by atoms with E-state index >= 15 is 0 Å². The predicted molar refractivity (Wildman–Crippen MR) is 59.1 cm³/mol. The summed E-state index contributed by atoms with van der Waals surface area (Å²) >= 11 is 0. The van der Waals surface area contributed by atoms with E-state index in [2.05, 4.69) is 6.58 Å². The molecule has 0 N–H and O–H groups in total. The van der Waals surface area contributed by atoms with Gasteiger partial charge in [0.15, 0.2) is 0 Å². The van der Waals surface area contributed by atoms with Crippen molar-refractivity contribution in [2.24, 2.45) is 0 Å². The van der Waals surface area contributed by atoms with E-state index in [9.17, 15) is 10.1 Å². The highest BCUT2D eigenvalue weighted by Gasteiger charge is 2.04. The zero-order chi connectivity index (χ0) is 11.8. The predicted octanol–water partition coefficient (Wildman–Crippen LogP) is 3.16. The molecular weight excluding hydrogens is 192 g/mol. The molecule has 0 fully saturated rings. The highest BCUT2D eigenvalue weighted by Crippen LogP contribution is 2.16. The first-order valence-electron chi connectivity index (χ1n) is 4.49. The summed E-state index contributed by atoms with van der Waals surface area (Å²) in [7, 11) is 0. The summed E-state index contributed by atoms with van der Waals surface area (Å²) < 4.78 is 0. The van der Waals surface area contributed by atoms with Crippen molar-refractivity contribution < 1.29 is 4.92 Å². The molecule has 0 amide bonds. The van der Waals surface area contributed by atoms with Gasteiger partial charge in [-0.05, 0) is 17.7 Å². The van der Waals surface area contributed by atoms with Crippen LogP contribution in [0.4, 0.5) is 5.69 Å². The van der Waals surface area contributed by atoms with Crippen LogP contribution in [-0.4, -0.2) is 4.92 Å². The molecule has 0 saturated carbocycles. The van der Waals surface area contributed by atoms with Crippen LogP contribution in [0.5, 0.6) is 0 Å². The summed E-state index contributed by atoms with van der Waals surface area (Å²) in [6.07, 6.45) is 0. The van der Waals surface area contributed by atoms with Crippen molar-refractivity contribution in [1.82, 2.24) is 0 Å². The summed E-state index contributed by atoms with van der Waals surface area (Å²) in [5.74, 6) is 0. The van der Waals surface area contributed by atoms with Gasteiger partial charge in [-0.1, -0.05) is 20.4 Å². The third-order valence-corrected chi connectivity index (χ3v) is 1.56. The van der Waals surface area contributed by atoms with Gasteiger partial charge in [-0.2, -0.15) is 5.26 Å². The van der Waals surface area contributed by atoms with E-state index in [0.29, 0.717) is 11.1 Å². The average Bonchev–Trinajstić information content (AvgIpc) is 2.31. The number of hydrogen-bond donors (Lipinski definition) is 0. The lowest BCUT2D eigenvalue weighted by Crippen LogP contribution is -1.87. The molecule has 0 atom stereocenters. The molecule has 0 aliphatic rings. The van der Waals surface area contributed by atoms with Crippen molar-refractivity contribution in [2.75, 3.05) is 0 Å². The minimum atomic E-state index is -0.487. The van der Waals surface area contributed by atoms with E-state index in [1.165, 1.54) is 24.3 Å². The normalized spacial score (nSPS) is 8.07. The van der Waals surface area contributed by atoms with Crippen molar-refractivity contribution in [2.45, 2.75) is 13.8 Å². The number of allylic oxidation sites excluding steroid dienone is 1. The third kappa shape index (κ3) is 3.61. The van der Waals surface area contributed by atoms with Gasteiger partial charge in [-0.15, -0.1) is 0 Å². The molecule has 0 unspecified atom stereocenters. The lowest BCUT2D eigenvalue weighted by molar-refractivity contribution is -0.384. The van der Waals surface area contributed by atoms with Gasteiger partial charge in [-0.3, -0.25) is 10.1 Å². The number of non-ortho nitro benzene ring substituents is 1. The zero-order valence-corrected chi connectivity index (χ0v) is 8.73. The van der Waals surface area contributed by atoms with E-state index in [4.69, 9.17) is 5.26 Å². The lowest BCUT2D eigenvalue weighted by atomic mass is 10.1. The van der Waals surface area contributed by atoms with E-state index in [-0.39, 0.29) is 5.69 Å². The Balaban J connectivity index is 0.000000921. The zero-order valence-electron chi connectivity index (χ0n) is 8.73. The van der Waals surface area contributed by atoms with Gasteiger partial charge in [0.25, 0.3) is 5.69 Å². The minimum absolute atomic E-state index is 0.00879. The fraction of sp³-hybridized carbons (Fsp3) is 0.182. The first kappa shape index (κ1) is 12.8. The van der Waals surface area contributed by atoms with E-state index in [1.54, 1.807) is 0 Å². The molecule has 1 rings (SSSR count). The summed E-state index contributed by atoms with van der Waals surface area (Å²) in [4.78, 5) is 9.78. The SMILES string of the molecule is C=C(C#N)c1ccc([N+](=O)[O-])cc1.CC. The highest BCUT2D eigenvalue weighted by molar-refractivity contribution is 5.74. The van der Waals surface area contributed by atoms with Gasteiger partial charge in [-0.25, -0.2) is 0 Å². The quantitative estimate of drug-likeness (QED) is 0.422. The molecule has 0 spiro atoms. The van der Waals surface area contributed by atoms with Crippen molar-refractivity contribution in [1.29, 1.82) is 5.26 Å². The fourth-order valence-electron chi connectivity index (χ4n) is 0.849. The van der Waals surface area contributed by atoms with Crippen LogP contribution >= 0.6 is 0 Å². The first-order chi connectivity index (χ1) is 7.15. The summed E-state index contributed by atoms with van der Waals surface area (Å²) in [5, 5.41) is 18.8. The average molecular weight is 204 g/mol. The number of benzene rings is 1. The van der Waals surface area contributed by atoms with Crippen LogP contribution in [0.3, 0.4) is 0 Å². The van der Waals surface area contributed by atoms with E-state index < -0.39 is 4.92 Å². The number of hydrogen-bond acceptors (Lipinski definition) is 3. The van der Waals surface area contributed by atoms with Gasteiger partial charge in [0, 0.05) is 12.1 Å². The second kappa shape index (κ2) is 6.33. The maximum atomic E-state index is 10.3. The molecule has 4 nitrogen and oxygen atoms in total. The Morgan fingerprint density at radius 2 is 1.87 bits per heavy atom. The van der Waals surface area contributed by atoms with Crippen molar-refractivity contribution >= 4 is 11.3 Å². The summed E-state index contributed by atoms with van der Waals surface area (Å²) in [5.41, 5.74) is 0.914. The molecule has 78 valence electrons. The second-order valence-electron chi connectivity index (χ2n) is 2.39. The fourth-order valence-corrected chi connectivity index (χ4v) is 0.849. The van der Waals surface area contributed by atoms with E-state index in [1.807, 2.05) is 19.9 Å². The van der Waals surface area contributed by atoms with Crippen LogP contribution in [0.15, 0.2) is 30.8 Å². The number of nitro benzene ring substituents is 1. The van der Waals surface area contributed by atoms with Crippen LogP contribution in [0.2, 0.25) is 0 Å². The number of nitrogens with zero attached hydrogens (tertiary/aromatic N) is 2. The summed E-state index contributed by atoms with van der Waals surface area (Å²) in [6.45, 7) is 7.49. The van der Waals surface area contributed by atoms with Gasteiger partial charge in [0.05, 0.1) is 16.6 Å². The Kier molecular flexibility index (Phi) is 5.42. The van der Waals surface area contributed by atoms with Crippen LogP contribution in [0.25, 0.3) is 5.57 Å². The third-order valence-electron chi connectivity index (χ3n) is 1.56. The first-order valence-corrected chi connectivity index (χ1v) is 4.49. The highest BCUT2D eigenvalue weighted by atomic mass is 16.6.